The van der Waals surface area contributed by atoms with Crippen LogP contribution in [0.5, 0.6) is 0 Å². The molecule has 5 nitrogen and oxygen atoms in total. The van der Waals surface area contributed by atoms with Gasteiger partial charge in [-0.05, 0) is 45.4 Å². The Morgan fingerprint density at radius 3 is 2.54 bits per heavy atom. The van der Waals surface area contributed by atoms with Gasteiger partial charge in [0.1, 0.15) is 0 Å². The Hall–Kier alpha value is -2.09. The summed E-state index contributed by atoms with van der Waals surface area (Å²) < 4.78 is 40.6. The van der Waals surface area contributed by atoms with Crippen LogP contribution in [-0.4, -0.2) is 33.2 Å². The molecular weight excluding hydrogens is 323 g/mol. The molecule has 24 heavy (non-hydrogen) atoms. The van der Waals surface area contributed by atoms with E-state index < -0.39 is 23.9 Å². The van der Waals surface area contributed by atoms with E-state index in [0.29, 0.717) is 11.9 Å². The molecule has 1 atom stereocenters. The number of alkyl halides is 3. The number of benzene rings is 1. The molecule has 0 saturated heterocycles. The van der Waals surface area contributed by atoms with E-state index >= 15 is 0 Å². The van der Waals surface area contributed by atoms with E-state index in [0.717, 1.165) is 4.57 Å². The molecule has 0 bridgehead atoms. The van der Waals surface area contributed by atoms with E-state index in [1.807, 2.05) is 0 Å². The van der Waals surface area contributed by atoms with Crippen LogP contribution in [0.4, 0.5) is 13.2 Å². The van der Waals surface area contributed by atoms with Crippen LogP contribution in [0.15, 0.2) is 18.2 Å². The average molecular weight is 343 g/mol. The zero-order valence-electron chi connectivity index (χ0n) is 13.7. The Balaban J connectivity index is 2.43. The number of amides is 1. The van der Waals surface area contributed by atoms with Crippen molar-refractivity contribution in [2.45, 2.75) is 45.5 Å². The van der Waals surface area contributed by atoms with Gasteiger partial charge in [-0.1, -0.05) is 0 Å². The number of rotatable bonds is 5. The number of carbonyl (C=O) groups is 1. The summed E-state index contributed by atoms with van der Waals surface area (Å²) in [6, 6.07) is 3.64. The molecule has 0 spiro atoms. The van der Waals surface area contributed by atoms with Crippen molar-refractivity contribution in [2.75, 3.05) is 6.61 Å². The molecule has 0 saturated carbocycles. The van der Waals surface area contributed by atoms with Crippen LogP contribution >= 0.6 is 0 Å². The fourth-order valence-electron chi connectivity index (χ4n) is 2.54. The molecule has 2 aromatic rings. The first-order valence-corrected chi connectivity index (χ1v) is 7.66. The van der Waals surface area contributed by atoms with Gasteiger partial charge >= 0.3 is 6.18 Å². The number of fused-ring (bicyclic) bond motifs is 1. The second-order valence-electron chi connectivity index (χ2n) is 5.99. The Kier molecular flexibility index (Phi) is 5.17. The number of aliphatic hydroxyl groups is 1. The van der Waals surface area contributed by atoms with Crippen molar-refractivity contribution < 1.29 is 23.1 Å². The molecule has 1 aromatic carbocycles. The standard InChI is InChI=1S/C16H20F3N3O2/c1-9(2)22-13-5-4-11(14(24)20-10(3)6-7-23)8-12(13)21-15(22)16(17,18)19/h4-5,8-10,23H,6-7H2,1-3H3,(H,20,24). The van der Waals surface area contributed by atoms with Crippen molar-refractivity contribution in [3.05, 3.63) is 29.6 Å². The number of hydrogen-bond acceptors (Lipinski definition) is 3. The number of nitrogens with one attached hydrogen (secondary N) is 1. The van der Waals surface area contributed by atoms with Gasteiger partial charge in [-0.2, -0.15) is 13.2 Å². The maximum atomic E-state index is 13.2. The largest absolute Gasteiger partial charge is 0.449 e. The first-order chi connectivity index (χ1) is 11.1. The van der Waals surface area contributed by atoms with E-state index in [-0.39, 0.29) is 23.7 Å². The molecule has 0 aliphatic carbocycles. The van der Waals surface area contributed by atoms with Crippen LogP contribution < -0.4 is 5.32 Å². The zero-order chi connectivity index (χ0) is 18.1. The maximum Gasteiger partial charge on any atom is 0.449 e. The lowest BCUT2D eigenvalue weighted by Crippen LogP contribution is -2.33. The summed E-state index contributed by atoms with van der Waals surface area (Å²) in [4.78, 5) is 15.8. The summed E-state index contributed by atoms with van der Waals surface area (Å²) in [5.74, 6) is -1.38. The summed E-state index contributed by atoms with van der Waals surface area (Å²) in [5.41, 5.74) is 0.685. The molecule has 0 fully saturated rings. The van der Waals surface area contributed by atoms with Crippen LogP contribution in [0.2, 0.25) is 0 Å². The summed E-state index contributed by atoms with van der Waals surface area (Å²) in [5, 5.41) is 11.5. The molecule has 0 aliphatic heterocycles. The van der Waals surface area contributed by atoms with E-state index in [4.69, 9.17) is 5.11 Å². The van der Waals surface area contributed by atoms with Crippen molar-refractivity contribution in [1.29, 1.82) is 0 Å². The van der Waals surface area contributed by atoms with Crippen LogP contribution in [0.25, 0.3) is 11.0 Å². The first-order valence-electron chi connectivity index (χ1n) is 7.66. The molecule has 1 amide bonds. The number of aromatic nitrogens is 2. The highest BCUT2D eigenvalue weighted by molar-refractivity contribution is 5.97. The van der Waals surface area contributed by atoms with Gasteiger partial charge in [0.2, 0.25) is 5.82 Å². The quantitative estimate of drug-likeness (QED) is 0.876. The second kappa shape index (κ2) is 6.80. The second-order valence-corrected chi connectivity index (χ2v) is 5.99. The molecule has 0 radical (unpaired) electrons. The molecule has 1 unspecified atom stereocenters. The summed E-state index contributed by atoms with van der Waals surface area (Å²) in [6.45, 7) is 4.97. The monoisotopic (exact) mass is 343 g/mol. The fraction of sp³-hybridized carbons (Fsp3) is 0.500. The van der Waals surface area contributed by atoms with E-state index in [2.05, 4.69) is 10.3 Å². The van der Waals surface area contributed by atoms with Gasteiger partial charge in [-0.15, -0.1) is 0 Å². The first kappa shape index (κ1) is 18.3. The number of aliphatic hydroxyl groups excluding tert-OH is 1. The van der Waals surface area contributed by atoms with Crippen molar-refractivity contribution >= 4 is 16.9 Å². The minimum Gasteiger partial charge on any atom is -0.396 e. The van der Waals surface area contributed by atoms with Crippen molar-refractivity contribution in [2.24, 2.45) is 0 Å². The Bertz CT molecular complexity index is 738. The summed E-state index contributed by atoms with van der Waals surface area (Å²) in [7, 11) is 0. The van der Waals surface area contributed by atoms with Gasteiger partial charge in [0, 0.05) is 24.3 Å². The molecule has 2 N–H and O–H groups in total. The minimum atomic E-state index is -4.57. The van der Waals surface area contributed by atoms with Gasteiger partial charge in [-0.3, -0.25) is 4.79 Å². The number of imidazole rings is 1. The topological polar surface area (TPSA) is 67.2 Å². The summed E-state index contributed by atoms with van der Waals surface area (Å²) >= 11 is 0. The minimum absolute atomic E-state index is 0.0613. The highest BCUT2D eigenvalue weighted by atomic mass is 19.4. The van der Waals surface area contributed by atoms with Gasteiger partial charge in [0.15, 0.2) is 0 Å². The van der Waals surface area contributed by atoms with Gasteiger partial charge in [-0.25, -0.2) is 4.98 Å². The highest BCUT2D eigenvalue weighted by Gasteiger charge is 2.38. The molecule has 132 valence electrons. The van der Waals surface area contributed by atoms with E-state index in [1.165, 1.54) is 18.2 Å². The Morgan fingerprint density at radius 2 is 2.00 bits per heavy atom. The number of halogens is 3. The normalized spacial score (nSPS) is 13.5. The van der Waals surface area contributed by atoms with Crippen LogP contribution in [0, 0.1) is 0 Å². The van der Waals surface area contributed by atoms with Gasteiger partial charge in [0.25, 0.3) is 5.91 Å². The van der Waals surface area contributed by atoms with Gasteiger partial charge < -0.3 is 15.0 Å². The molecule has 1 aromatic heterocycles. The number of nitrogens with zero attached hydrogens (tertiary/aromatic N) is 2. The summed E-state index contributed by atoms with van der Waals surface area (Å²) in [6.07, 6.45) is -4.17. The van der Waals surface area contributed by atoms with Crippen LogP contribution in [0.3, 0.4) is 0 Å². The SMILES string of the molecule is CC(CCO)NC(=O)c1ccc2c(c1)nc(C(F)(F)F)n2C(C)C. The lowest BCUT2D eigenvalue weighted by Gasteiger charge is -2.15. The third-order valence-corrected chi connectivity index (χ3v) is 3.66. The van der Waals surface area contributed by atoms with Crippen molar-refractivity contribution in [3.8, 4) is 0 Å². The molecule has 8 heteroatoms. The molecule has 2 rings (SSSR count). The third kappa shape index (κ3) is 3.69. The highest BCUT2D eigenvalue weighted by Crippen LogP contribution is 2.33. The fourth-order valence-corrected chi connectivity index (χ4v) is 2.54. The third-order valence-electron chi connectivity index (χ3n) is 3.66. The Labute approximate surface area is 137 Å². The van der Waals surface area contributed by atoms with Gasteiger partial charge in [0.05, 0.1) is 11.0 Å². The van der Waals surface area contributed by atoms with Crippen LogP contribution in [-0.2, 0) is 6.18 Å². The average Bonchev–Trinajstić information content (AvgIpc) is 2.86. The lowest BCUT2D eigenvalue weighted by atomic mass is 10.1. The van der Waals surface area contributed by atoms with E-state index in [1.54, 1.807) is 20.8 Å². The maximum absolute atomic E-state index is 13.2. The number of hydrogen-bond donors (Lipinski definition) is 2. The van der Waals surface area contributed by atoms with E-state index in [9.17, 15) is 18.0 Å². The van der Waals surface area contributed by atoms with Crippen LogP contribution in [0.1, 0.15) is 49.4 Å². The number of carbonyl (C=O) groups excluding carboxylic acids is 1. The van der Waals surface area contributed by atoms with Crippen molar-refractivity contribution in [1.82, 2.24) is 14.9 Å². The molecule has 1 heterocycles. The molecular formula is C16H20F3N3O2. The zero-order valence-corrected chi connectivity index (χ0v) is 13.7. The lowest BCUT2D eigenvalue weighted by molar-refractivity contribution is -0.147. The smallest absolute Gasteiger partial charge is 0.396 e. The van der Waals surface area contributed by atoms with Crippen molar-refractivity contribution in [3.63, 3.8) is 0 Å². The predicted octanol–water partition coefficient (Wildman–Crippen LogP) is 3.14. The Morgan fingerprint density at radius 1 is 1.33 bits per heavy atom. The predicted molar refractivity (Wildman–Crippen MR) is 83.8 cm³/mol. The molecule has 0 aliphatic rings.